The molecular weight excluding hydrogens is 344 g/mol. The van der Waals surface area contributed by atoms with E-state index >= 15 is 0 Å². The van der Waals surface area contributed by atoms with Crippen molar-refractivity contribution in [1.29, 1.82) is 0 Å². The lowest BCUT2D eigenvalue weighted by Gasteiger charge is -2.26. The monoisotopic (exact) mass is 364 g/mol. The first-order chi connectivity index (χ1) is 13.1. The molecule has 0 aliphatic carbocycles. The molecular formula is C21H20N2O4. The van der Waals surface area contributed by atoms with E-state index in [1.54, 1.807) is 6.92 Å². The summed E-state index contributed by atoms with van der Waals surface area (Å²) < 4.78 is 4.89. The molecule has 0 unspecified atom stereocenters. The lowest BCUT2D eigenvalue weighted by molar-refractivity contribution is -0.142. The second kappa shape index (κ2) is 8.23. The fraction of sp³-hybridized carbons (Fsp3) is 0.143. The van der Waals surface area contributed by atoms with Gasteiger partial charge in [0.1, 0.15) is 12.2 Å². The van der Waals surface area contributed by atoms with E-state index in [-0.39, 0.29) is 24.4 Å². The van der Waals surface area contributed by atoms with Gasteiger partial charge in [-0.25, -0.2) is 0 Å². The van der Waals surface area contributed by atoms with Gasteiger partial charge in [-0.3, -0.25) is 20.4 Å². The molecule has 0 atom stereocenters. The van der Waals surface area contributed by atoms with E-state index in [1.807, 2.05) is 60.7 Å². The van der Waals surface area contributed by atoms with E-state index in [4.69, 9.17) is 4.74 Å². The van der Waals surface area contributed by atoms with Gasteiger partial charge >= 0.3 is 5.97 Å². The molecule has 0 saturated carbocycles. The summed E-state index contributed by atoms with van der Waals surface area (Å²) in [5, 5.41) is 10.6. The minimum absolute atomic E-state index is 0.0480. The number of hydrazine groups is 1. The average Bonchev–Trinajstić information content (AvgIpc) is 2.69. The topological polar surface area (TPSA) is 87.7 Å². The largest absolute Gasteiger partial charge is 0.511 e. The highest BCUT2D eigenvalue weighted by molar-refractivity contribution is 6.17. The maximum Gasteiger partial charge on any atom is 0.313 e. The first-order valence-corrected chi connectivity index (χ1v) is 8.61. The summed E-state index contributed by atoms with van der Waals surface area (Å²) >= 11 is 0. The van der Waals surface area contributed by atoms with Crippen molar-refractivity contribution in [1.82, 2.24) is 10.9 Å². The Morgan fingerprint density at radius 3 is 2.15 bits per heavy atom. The number of aliphatic hydroxyl groups excluding tert-OH is 1. The van der Waals surface area contributed by atoms with Gasteiger partial charge in [-0.15, -0.1) is 0 Å². The highest BCUT2D eigenvalue weighted by Crippen LogP contribution is 2.34. The Kier molecular flexibility index (Phi) is 5.56. The minimum atomic E-state index is -0.595. The van der Waals surface area contributed by atoms with Gasteiger partial charge in [0.15, 0.2) is 0 Å². The van der Waals surface area contributed by atoms with Gasteiger partial charge in [0, 0.05) is 11.1 Å². The average molecular weight is 364 g/mol. The number of aliphatic hydroxyl groups is 1. The Balaban J connectivity index is 2.20. The molecule has 3 rings (SSSR count). The molecule has 0 spiro atoms. The van der Waals surface area contributed by atoms with Crippen LogP contribution in [0.2, 0.25) is 0 Å². The number of hydrogen-bond donors (Lipinski definition) is 3. The molecule has 0 bridgehead atoms. The van der Waals surface area contributed by atoms with E-state index in [0.717, 1.165) is 11.1 Å². The van der Waals surface area contributed by atoms with Crippen LogP contribution < -0.4 is 10.9 Å². The van der Waals surface area contributed by atoms with Crippen LogP contribution in [0.5, 0.6) is 0 Å². The lowest BCUT2D eigenvalue weighted by Crippen LogP contribution is -2.42. The number of amides is 1. The summed E-state index contributed by atoms with van der Waals surface area (Å²) in [7, 11) is 0. The SMILES string of the molecule is CCOC(=O)C/C(O)=C1\C(=O)NNC(c2ccccc2)=C1c1ccccc1. The van der Waals surface area contributed by atoms with Crippen LogP contribution in [0.1, 0.15) is 24.5 Å². The molecule has 0 fully saturated rings. The molecule has 1 aliphatic rings. The Labute approximate surface area is 157 Å². The Morgan fingerprint density at radius 1 is 0.963 bits per heavy atom. The van der Waals surface area contributed by atoms with E-state index in [0.29, 0.717) is 11.3 Å². The predicted octanol–water partition coefficient (Wildman–Crippen LogP) is 2.95. The van der Waals surface area contributed by atoms with Crippen LogP contribution in [0.4, 0.5) is 0 Å². The second-order valence-electron chi connectivity index (χ2n) is 5.86. The zero-order valence-corrected chi connectivity index (χ0v) is 14.9. The molecule has 3 N–H and O–H groups in total. The third kappa shape index (κ3) is 4.00. The van der Waals surface area contributed by atoms with Crippen molar-refractivity contribution in [3.8, 4) is 0 Å². The Bertz CT molecular complexity index is 902. The van der Waals surface area contributed by atoms with Crippen LogP contribution in [-0.4, -0.2) is 23.6 Å². The van der Waals surface area contributed by atoms with Gasteiger partial charge in [0.25, 0.3) is 5.91 Å². The summed E-state index contributed by atoms with van der Waals surface area (Å²) in [6, 6.07) is 18.7. The Morgan fingerprint density at radius 2 is 1.56 bits per heavy atom. The highest BCUT2D eigenvalue weighted by Gasteiger charge is 2.30. The lowest BCUT2D eigenvalue weighted by atomic mass is 9.90. The smallest absolute Gasteiger partial charge is 0.313 e. The van der Waals surface area contributed by atoms with Crippen molar-refractivity contribution >= 4 is 23.1 Å². The number of benzene rings is 2. The maximum atomic E-state index is 12.6. The molecule has 1 heterocycles. The predicted molar refractivity (Wildman–Crippen MR) is 102 cm³/mol. The maximum absolute atomic E-state index is 12.6. The summed E-state index contributed by atoms with van der Waals surface area (Å²) in [5.74, 6) is -1.45. The molecule has 2 aromatic carbocycles. The minimum Gasteiger partial charge on any atom is -0.511 e. The normalized spacial score (nSPS) is 15.7. The van der Waals surface area contributed by atoms with Crippen molar-refractivity contribution in [3.63, 3.8) is 0 Å². The van der Waals surface area contributed by atoms with E-state index in [9.17, 15) is 14.7 Å². The van der Waals surface area contributed by atoms with E-state index < -0.39 is 11.9 Å². The standard InChI is InChI=1S/C21H20N2O4/c1-2-27-17(25)13-16(24)19-18(14-9-5-3-6-10-14)20(22-23-21(19)26)15-11-7-4-8-12-15/h3-12,22,24H,2,13H2,1H3,(H,23,26)/b19-16+. The highest BCUT2D eigenvalue weighted by atomic mass is 16.5. The molecule has 1 aliphatic heterocycles. The fourth-order valence-corrected chi connectivity index (χ4v) is 2.91. The number of ether oxygens (including phenoxy) is 1. The van der Waals surface area contributed by atoms with Crippen molar-refractivity contribution < 1.29 is 19.4 Å². The van der Waals surface area contributed by atoms with Gasteiger partial charge in [0.05, 0.1) is 17.9 Å². The molecule has 0 saturated heterocycles. The van der Waals surface area contributed by atoms with Crippen LogP contribution in [0.25, 0.3) is 11.3 Å². The van der Waals surface area contributed by atoms with Crippen LogP contribution in [0.3, 0.4) is 0 Å². The van der Waals surface area contributed by atoms with Gasteiger partial charge in [-0.2, -0.15) is 0 Å². The first-order valence-electron chi connectivity index (χ1n) is 8.61. The van der Waals surface area contributed by atoms with Crippen LogP contribution >= 0.6 is 0 Å². The summed E-state index contributed by atoms with van der Waals surface area (Å²) in [4.78, 5) is 24.4. The van der Waals surface area contributed by atoms with Crippen molar-refractivity contribution in [2.24, 2.45) is 0 Å². The summed E-state index contributed by atoms with van der Waals surface area (Å²) in [6.45, 7) is 1.88. The molecule has 27 heavy (non-hydrogen) atoms. The van der Waals surface area contributed by atoms with Crippen LogP contribution in [-0.2, 0) is 14.3 Å². The number of nitrogens with one attached hydrogen (secondary N) is 2. The molecule has 1 amide bonds. The van der Waals surface area contributed by atoms with E-state index in [2.05, 4.69) is 10.9 Å². The second-order valence-corrected chi connectivity index (χ2v) is 5.86. The van der Waals surface area contributed by atoms with Crippen LogP contribution in [0, 0.1) is 0 Å². The third-order valence-corrected chi connectivity index (χ3v) is 4.06. The number of rotatable bonds is 5. The van der Waals surface area contributed by atoms with Gasteiger partial charge < -0.3 is 9.84 Å². The zero-order chi connectivity index (χ0) is 19.2. The first kappa shape index (κ1) is 18.3. The van der Waals surface area contributed by atoms with Gasteiger partial charge in [0.2, 0.25) is 0 Å². The molecule has 0 aromatic heterocycles. The fourth-order valence-electron chi connectivity index (χ4n) is 2.91. The number of carbonyl (C=O) groups excluding carboxylic acids is 2. The molecule has 0 radical (unpaired) electrons. The van der Waals surface area contributed by atoms with E-state index in [1.165, 1.54) is 0 Å². The third-order valence-electron chi connectivity index (χ3n) is 4.06. The van der Waals surface area contributed by atoms with Gasteiger partial charge in [-0.1, -0.05) is 60.7 Å². The summed E-state index contributed by atoms with van der Waals surface area (Å²) in [5.41, 5.74) is 8.24. The molecule has 2 aromatic rings. The number of hydrogen-bond acceptors (Lipinski definition) is 5. The van der Waals surface area contributed by atoms with Crippen LogP contribution in [0.15, 0.2) is 72.0 Å². The van der Waals surface area contributed by atoms with Gasteiger partial charge in [-0.05, 0) is 12.5 Å². The molecule has 138 valence electrons. The number of carbonyl (C=O) groups is 2. The van der Waals surface area contributed by atoms with Crippen molar-refractivity contribution in [2.75, 3.05) is 6.61 Å². The van der Waals surface area contributed by atoms with Crippen molar-refractivity contribution in [2.45, 2.75) is 13.3 Å². The quantitative estimate of drug-likeness (QED) is 0.431. The Hall–Kier alpha value is -3.54. The summed E-state index contributed by atoms with van der Waals surface area (Å²) in [6.07, 6.45) is -0.380. The molecule has 6 nitrogen and oxygen atoms in total. The zero-order valence-electron chi connectivity index (χ0n) is 14.9. The number of esters is 1. The van der Waals surface area contributed by atoms with Crippen molar-refractivity contribution in [3.05, 3.63) is 83.1 Å². The molecule has 6 heteroatoms.